The van der Waals surface area contributed by atoms with E-state index in [0.29, 0.717) is 29.8 Å². The van der Waals surface area contributed by atoms with Crippen LogP contribution in [0.4, 0.5) is 10.1 Å². The van der Waals surface area contributed by atoms with Gasteiger partial charge in [0.25, 0.3) is 17.6 Å². The third kappa shape index (κ3) is 3.24. The number of aliphatic hydroxyl groups excluding tert-OH is 1. The van der Waals surface area contributed by atoms with Gasteiger partial charge >= 0.3 is 0 Å². The van der Waals surface area contributed by atoms with Crippen molar-refractivity contribution >= 4 is 29.0 Å². The number of amides is 2. The average molecular weight is 451 g/mol. The van der Waals surface area contributed by atoms with E-state index in [1.807, 2.05) is 19.0 Å². The molecule has 1 fully saturated rings. The highest BCUT2D eigenvalue weighted by molar-refractivity contribution is 6.50. The van der Waals surface area contributed by atoms with E-state index in [2.05, 4.69) is 0 Å². The first-order valence-corrected chi connectivity index (χ1v) is 10.7. The van der Waals surface area contributed by atoms with Crippen LogP contribution in [0.25, 0.3) is 5.76 Å². The molecule has 7 nitrogen and oxygen atoms in total. The molecule has 1 N–H and O–H groups in total. The van der Waals surface area contributed by atoms with Crippen LogP contribution in [0.1, 0.15) is 23.1 Å². The van der Waals surface area contributed by atoms with E-state index in [9.17, 15) is 23.9 Å². The Morgan fingerprint density at radius 3 is 2.48 bits per heavy atom. The number of Topliss-reactive ketones (excluding diaryl/α,β-unsaturated/α-hetero) is 1. The van der Waals surface area contributed by atoms with Crippen molar-refractivity contribution in [2.24, 2.45) is 0 Å². The lowest BCUT2D eigenvalue weighted by Crippen LogP contribution is -2.51. The quantitative estimate of drug-likeness (QED) is 0.430. The van der Waals surface area contributed by atoms with Gasteiger partial charge in [0, 0.05) is 30.4 Å². The van der Waals surface area contributed by atoms with Gasteiger partial charge in [-0.3, -0.25) is 14.4 Å². The fourth-order valence-electron chi connectivity index (χ4n) is 4.70. The number of carbonyl (C=O) groups excluding carboxylic acids is 3. The zero-order valence-electron chi connectivity index (χ0n) is 19.1. The predicted octanol–water partition coefficient (Wildman–Crippen LogP) is 2.64. The molecule has 0 bridgehead atoms. The summed E-state index contributed by atoms with van der Waals surface area (Å²) in [5.74, 6) is -3.47. The molecule has 0 aromatic heterocycles. The number of likely N-dealkylation sites (N-methyl/N-ethyl adjacent to an activating group) is 1. The van der Waals surface area contributed by atoms with Crippen LogP contribution in [0.3, 0.4) is 0 Å². The van der Waals surface area contributed by atoms with E-state index >= 15 is 0 Å². The lowest BCUT2D eigenvalue weighted by Gasteiger charge is -2.34. The summed E-state index contributed by atoms with van der Waals surface area (Å²) in [6.45, 7) is 2.34. The number of ketones is 1. The fourth-order valence-corrected chi connectivity index (χ4v) is 4.70. The van der Waals surface area contributed by atoms with E-state index in [4.69, 9.17) is 0 Å². The number of benzene rings is 2. The Morgan fingerprint density at radius 2 is 1.82 bits per heavy atom. The molecule has 1 unspecified atom stereocenters. The number of anilines is 1. The highest BCUT2D eigenvalue weighted by Crippen LogP contribution is 2.53. The standard InChI is InChI=1S/C25H26FN3O4/c1-15-10-11-16(14-18(15)26)21(30)20-22(31)23(32)29(13-7-12-27(2)3)25(20)17-8-5-6-9-19(17)28(4)24(25)33/h5-6,8-11,14,30H,7,12-13H2,1-4H3/b21-20-. The van der Waals surface area contributed by atoms with E-state index in [1.165, 1.54) is 21.9 Å². The van der Waals surface area contributed by atoms with Crippen molar-refractivity contribution in [1.29, 1.82) is 0 Å². The van der Waals surface area contributed by atoms with Crippen molar-refractivity contribution in [2.45, 2.75) is 18.9 Å². The average Bonchev–Trinajstić information content (AvgIpc) is 3.14. The SMILES string of the molecule is Cc1ccc(/C(O)=C2\C(=O)C(=O)N(CCCN(C)C)C23C(=O)N(C)c2ccccc23)cc1F. The second-order valence-corrected chi connectivity index (χ2v) is 8.72. The van der Waals surface area contributed by atoms with Crippen molar-refractivity contribution in [3.8, 4) is 0 Å². The number of nitrogens with zero attached hydrogens (tertiary/aromatic N) is 3. The lowest BCUT2D eigenvalue weighted by atomic mass is 9.81. The number of likely N-dealkylation sites (tertiary alicyclic amines) is 1. The number of fused-ring (bicyclic) bond motifs is 2. The summed E-state index contributed by atoms with van der Waals surface area (Å²) in [7, 11) is 5.35. The van der Waals surface area contributed by atoms with Crippen LogP contribution in [0.2, 0.25) is 0 Å². The maximum absolute atomic E-state index is 14.3. The Bertz CT molecular complexity index is 1210. The van der Waals surface area contributed by atoms with Gasteiger partial charge in [-0.05, 0) is 51.7 Å². The predicted molar refractivity (Wildman–Crippen MR) is 122 cm³/mol. The van der Waals surface area contributed by atoms with Gasteiger partial charge < -0.3 is 19.8 Å². The molecular formula is C25H26FN3O4. The van der Waals surface area contributed by atoms with E-state index in [-0.39, 0.29) is 17.7 Å². The van der Waals surface area contributed by atoms with Gasteiger partial charge in [-0.25, -0.2) is 4.39 Å². The molecule has 2 aliphatic heterocycles. The normalized spacial score (nSPS) is 21.6. The minimum absolute atomic E-state index is 0.0311. The number of hydrogen-bond donors (Lipinski definition) is 1. The molecule has 1 atom stereocenters. The summed E-state index contributed by atoms with van der Waals surface area (Å²) in [6.07, 6.45) is 0.514. The Morgan fingerprint density at radius 1 is 1.12 bits per heavy atom. The van der Waals surface area contributed by atoms with Crippen LogP contribution in [0.15, 0.2) is 48.0 Å². The number of hydrogen-bond acceptors (Lipinski definition) is 5. The van der Waals surface area contributed by atoms with Crippen LogP contribution < -0.4 is 4.90 Å². The van der Waals surface area contributed by atoms with Crippen molar-refractivity contribution in [2.75, 3.05) is 39.1 Å². The third-order valence-electron chi connectivity index (χ3n) is 6.37. The summed E-state index contributed by atoms with van der Waals surface area (Å²) in [5, 5.41) is 11.2. The molecule has 0 aliphatic carbocycles. The van der Waals surface area contributed by atoms with Crippen molar-refractivity contribution in [1.82, 2.24) is 9.80 Å². The highest BCUT2D eigenvalue weighted by atomic mass is 19.1. The van der Waals surface area contributed by atoms with Crippen molar-refractivity contribution in [3.63, 3.8) is 0 Å². The molecule has 2 aromatic carbocycles. The van der Waals surface area contributed by atoms with Crippen LogP contribution in [0, 0.1) is 12.7 Å². The Hall–Kier alpha value is -3.52. The summed E-state index contributed by atoms with van der Waals surface area (Å²) in [4.78, 5) is 45.0. The number of para-hydroxylation sites is 1. The summed E-state index contributed by atoms with van der Waals surface area (Å²) in [6, 6.07) is 10.9. The Kier molecular flexibility index (Phi) is 5.57. The maximum Gasteiger partial charge on any atom is 0.296 e. The van der Waals surface area contributed by atoms with Crippen LogP contribution in [-0.2, 0) is 19.9 Å². The third-order valence-corrected chi connectivity index (χ3v) is 6.37. The maximum atomic E-state index is 14.3. The summed E-state index contributed by atoms with van der Waals surface area (Å²) >= 11 is 0. The van der Waals surface area contributed by atoms with Crippen molar-refractivity contribution < 1.29 is 23.9 Å². The molecule has 0 saturated carbocycles. The molecule has 2 heterocycles. The molecule has 4 rings (SSSR count). The minimum atomic E-state index is -1.81. The van der Waals surface area contributed by atoms with Gasteiger partial charge in [-0.1, -0.05) is 30.3 Å². The fraction of sp³-hybridized carbons (Fsp3) is 0.320. The zero-order chi connectivity index (χ0) is 24.1. The van der Waals surface area contributed by atoms with E-state index in [0.717, 1.165) is 6.07 Å². The molecule has 1 spiro atoms. The number of carbonyl (C=O) groups is 3. The molecule has 2 amide bonds. The molecule has 1 saturated heterocycles. The Labute approximate surface area is 191 Å². The first-order chi connectivity index (χ1) is 15.6. The first kappa shape index (κ1) is 22.7. The number of aryl methyl sites for hydroxylation is 1. The molecule has 172 valence electrons. The van der Waals surface area contributed by atoms with E-state index in [1.54, 1.807) is 38.2 Å². The monoisotopic (exact) mass is 451 g/mol. The van der Waals surface area contributed by atoms with Crippen LogP contribution >= 0.6 is 0 Å². The number of rotatable bonds is 5. The first-order valence-electron chi connectivity index (χ1n) is 10.7. The summed E-state index contributed by atoms with van der Waals surface area (Å²) < 4.78 is 14.3. The number of aliphatic hydroxyl groups is 1. The minimum Gasteiger partial charge on any atom is -0.507 e. The van der Waals surface area contributed by atoms with Crippen molar-refractivity contribution in [3.05, 3.63) is 70.5 Å². The smallest absolute Gasteiger partial charge is 0.296 e. The highest BCUT2D eigenvalue weighted by Gasteiger charge is 2.66. The van der Waals surface area contributed by atoms with Gasteiger partial charge in [0.15, 0.2) is 5.54 Å². The van der Waals surface area contributed by atoms with Crippen LogP contribution in [-0.4, -0.2) is 66.7 Å². The largest absolute Gasteiger partial charge is 0.507 e. The second kappa shape index (κ2) is 8.12. The van der Waals surface area contributed by atoms with Gasteiger partial charge in [-0.2, -0.15) is 0 Å². The zero-order valence-corrected chi connectivity index (χ0v) is 19.1. The topological polar surface area (TPSA) is 81.2 Å². The van der Waals surface area contributed by atoms with Gasteiger partial charge in [0.2, 0.25) is 0 Å². The molecule has 8 heteroatoms. The van der Waals surface area contributed by atoms with Crippen LogP contribution in [0.5, 0.6) is 0 Å². The second-order valence-electron chi connectivity index (χ2n) is 8.72. The van der Waals surface area contributed by atoms with Gasteiger partial charge in [0.05, 0.1) is 5.57 Å². The molecular weight excluding hydrogens is 425 g/mol. The van der Waals surface area contributed by atoms with E-state index < -0.39 is 34.7 Å². The summed E-state index contributed by atoms with van der Waals surface area (Å²) in [5.41, 5.74) is -0.755. The molecule has 33 heavy (non-hydrogen) atoms. The molecule has 2 aliphatic rings. The molecule has 0 radical (unpaired) electrons. The number of halogens is 1. The molecule has 2 aromatic rings. The van der Waals surface area contributed by atoms with Gasteiger partial charge in [-0.15, -0.1) is 0 Å². The Balaban J connectivity index is 2.00. The van der Waals surface area contributed by atoms with Gasteiger partial charge in [0.1, 0.15) is 11.6 Å². The lowest BCUT2D eigenvalue weighted by molar-refractivity contribution is -0.143.